The maximum atomic E-state index is 6.04. The maximum absolute atomic E-state index is 6.04. The molecule has 26 heavy (non-hydrogen) atoms. The van der Waals surface area contributed by atoms with Crippen molar-refractivity contribution in [2.24, 2.45) is 5.10 Å². The van der Waals surface area contributed by atoms with Crippen molar-refractivity contribution >= 4 is 23.1 Å². The highest BCUT2D eigenvalue weighted by molar-refractivity contribution is 6.02. The van der Waals surface area contributed by atoms with Gasteiger partial charge in [0.1, 0.15) is 12.4 Å². The van der Waals surface area contributed by atoms with Crippen LogP contribution in [-0.4, -0.2) is 21.2 Å². The van der Waals surface area contributed by atoms with E-state index < -0.39 is 0 Å². The smallest absolute Gasteiger partial charge is 0.243 e. The topological polar surface area (TPSA) is 75.2 Å². The Bertz CT molecular complexity index is 1010. The fourth-order valence-electron chi connectivity index (χ4n) is 2.65. The summed E-state index contributed by atoms with van der Waals surface area (Å²) in [7, 11) is 0. The number of anilines is 1. The van der Waals surface area contributed by atoms with Crippen LogP contribution in [0.2, 0.25) is 0 Å². The normalized spacial score (nSPS) is 11.1. The van der Waals surface area contributed by atoms with Gasteiger partial charge in [-0.15, -0.1) is 0 Å². The van der Waals surface area contributed by atoms with Gasteiger partial charge < -0.3 is 9.72 Å². The maximum Gasteiger partial charge on any atom is 0.243 e. The summed E-state index contributed by atoms with van der Waals surface area (Å²) in [6.45, 7) is 0.512. The number of nitrogens with zero attached hydrogens (tertiary/aromatic N) is 3. The van der Waals surface area contributed by atoms with E-state index in [1.54, 1.807) is 24.7 Å². The number of ether oxygens (including phenoxy) is 1. The molecule has 0 atom stereocenters. The molecule has 0 spiro atoms. The predicted octanol–water partition coefficient (Wildman–Crippen LogP) is 3.98. The van der Waals surface area contributed by atoms with Gasteiger partial charge >= 0.3 is 0 Å². The Labute approximate surface area is 150 Å². The number of aromatic nitrogens is 3. The SMILES string of the molecule is C(=N\Nc1ncccn1)/c1c[nH]c2cccc(OCc3ccccc3)c12. The Kier molecular flexibility index (Phi) is 4.56. The van der Waals surface area contributed by atoms with Crippen LogP contribution >= 0.6 is 0 Å². The minimum atomic E-state index is 0.448. The number of H-pyrrole nitrogens is 1. The second-order valence-electron chi connectivity index (χ2n) is 5.64. The standard InChI is InChI=1S/C20H17N5O/c1-2-6-15(7-3-1)14-26-18-9-4-8-17-19(18)16(12-23-17)13-24-25-20-21-10-5-11-22-20/h1-13,23H,14H2,(H,21,22,25)/b24-13+. The molecule has 6 nitrogen and oxygen atoms in total. The van der Waals surface area contributed by atoms with Crippen molar-refractivity contribution < 1.29 is 4.74 Å². The van der Waals surface area contributed by atoms with E-state index in [0.717, 1.165) is 27.8 Å². The average Bonchev–Trinajstić information content (AvgIpc) is 3.12. The van der Waals surface area contributed by atoms with Crippen LogP contribution in [0.3, 0.4) is 0 Å². The number of rotatable bonds is 6. The quantitative estimate of drug-likeness (QED) is 0.410. The van der Waals surface area contributed by atoms with Crippen LogP contribution in [0.15, 0.2) is 78.3 Å². The number of hydrazone groups is 1. The lowest BCUT2D eigenvalue weighted by molar-refractivity contribution is 0.310. The highest BCUT2D eigenvalue weighted by Gasteiger charge is 2.08. The molecule has 2 aromatic carbocycles. The third-order valence-electron chi connectivity index (χ3n) is 3.87. The number of nitrogens with one attached hydrogen (secondary N) is 2. The van der Waals surface area contributed by atoms with Crippen LogP contribution in [0.25, 0.3) is 10.9 Å². The monoisotopic (exact) mass is 343 g/mol. The van der Waals surface area contributed by atoms with Gasteiger partial charge in [-0.25, -0.2) is 15.4 Å². The van der Waals surface area contributed by atoms with E-state index in [0.29, 0.717) is 12.6 Å². The van der Waals surface area contributed by atoms with Crippen molar-refractivity contribution in [2.75, 3.05) is 5.43 Å². The third-order valence-corrected chi connectivity index (χ3v) is 3.87. The lowest BCUT2D eigenvalue weighted by atomic mass is 10.1. The fraction of sp³-hybridized carbons (Fsp3) is 0.0500. The lowest BCUT2D eigenvalue weighted by Gasteiger charge is -2.08. The molecule has 0 amide bonds. The van der Waals surface area contributed by atoms with E-state index in [-0.39, 0.29) is 0 Å². The first-order valence-corrected chi connectivity index (χ1v) is 8.23. The van der Waals surface area contributed by atoms with E-state index in [1.807, 2.05) is 54.7 Å². The first kappa shape index (κ1) is 15.8. The molecule has 0 fully saturated rings. The van der Waals surface area contributed by atoms with Crippen LogP contribution in [-0.2, 0) is 6.61 Å². The summed E-state index contributed by atoms with van der Waals surface area (Å²) >= 11 is 0. The molecule has 0 saturated heterocycles. The van der Waals surface area contributed by atoms with Gasteiger partial charge in [-0.05, 0) is 23.8 Å². The number of fused-ring (bicyclic) bond motifs is 1. The number of aromatic amines is 1. The van der Waals surface area contributed by atoms with Gasteiger partial charge in [0.15, 0.2) is 0 Å². The van der Waals surface area contributed by atoms with Crippen LogP contribution in [0, 0.1) is 0 Å². The summed E-state index contributed by atoms with van der Waals surface area (Å²) in [6, 6.07) is 17.8. The Morgan fingerprint density at radius 2 is 1.85 bits per heavy atom. The van der Waals surface area contributed by atoms with Gasteiger partial charge in [-0.1, -0.05) is 36.4 Å². The van der Waals surface area contributed by atoms with Crippen molar-refractivity contribution in [3.63, 3.8) is 0 Å². The second-order valence-corrected chi connectivity index (χ2v) is 5.64. The van der Waals surface area contributed by atoms with Gasteiger partial charge in [-0.2, -0.15) is 5.10 Å². The molecular formula is C20H17N5O. The van der Waals surface area contributed by atoms with Crippen LogP contribution in [0.4, 0.5) is 5.95 Å². The van der Waals surface area contributed by atoms with E-state index in [4.69, 9.17) is 4.74 Å². The molecule has 0 aliphatic heterocycles. The van der Waals surface area contributed by atoms with Crippen molar-refractivity contribution in [1.82, 2.24) is 15.0 Å². The first-order valence-electron chi connectivity index (χ1n) is 8.23. The summed E-state index contributed by atoms with van der Waals surface area (Å²) in [5.41, 5.74) is 5.86. The molecule has 0 saturated carbocycles. The molecule has 0 bridgehead atoms. The molecule has 4 aromatic rings. The molecule has 128 valence electrons. The first-order chi connectivity index (χ1) is 12.9. The van der Waals surface area contributed by atoms with Crippen molar-refractivity contribution in [3.05, 3.63) is 84.3 Å². The van der Waals surface area contributed by atoms with Crippen molar-refractivity contribution in [1.29, 1.82) is 0 Å². The molecular weight excluding hydrogens is 326 g/mol. The van der Waals surface area contributed by atoms with Gasteiger partial charge in [0.05, 0.1) is 11.6 Å². The largest absolute Gasteiger partial charge is 0.488 e. The second kappa shape index (κ2) is 7.48. The molecule has 0 radical (unpaired) electrons. The summed E-state index contributed by atoms with van der Waals surface area (Å²) in [4.78, 5) is 11.4. The van der Waals surface area contributed by atoms with E-state index in [1.165, 1.54) is 0 Å². The van der Waals surface area contributed by atoms with Gasteiger partial charge in [0, 0.05) is 29.7 Å². The summed E-state index contributed by atoms with van der Waals surface area (Å²) in [6.07, 6.45) is 6.94. The Hall–Kier alpha value is -3.67. The Morgan fingerprint density at radius 1 is 1.00 bits per heavy atom. The average molecular weight is 343 g/mol. The highest BCUT2D eigenvalue weighted by atomic mass is 16.5. The van der Waals surface area contributed by atoms with Crippen LogP contribution in [0.1, 0.15) is 11.1 Å². The van der Waals surface area contributed by atoms with Gasteiger partial charge in [0.25, 0.3) is 0 Å². The van der Waals surface area contributed by atoms with E-state index in [9.17, 15) is 0 Å². The van der Waals surface area contributed by atoms with Gasteiger partial charge in [-0.3, -0.25) is 0 Å². The molecule has 0 unspecified atom stereocenters. The van der Waals surface area contributed by atoms with Crippen LogP contribution in [0.5, 0.6) is 5.75 Å². The van der Waals surface area contributed by atoms with Crippen molar-refractivity contribution in [2.45, 2.75) is 6.61 Å². The van der Waals surface area contributed by atoms with Crippen molar-refractivity contribution in [3.8, 4) is 5.75 Å². The third kappa shape index (κ3) is 3.54. The summed E-state index contributed by atoms with van der Waals surface area (Å²) in [5.74, 6) is 1.26. The molecule has 0 aliphatic carbocycles. The van der Waals surface area contributed by atoms with E-state index in [2.05, 4.69) is 25.5 Å². The minimum absolute atomic E-state index is 0.448. The minimum Gasteiger partial charge on any atom is -0.488 e. The van der Waals surface area contributed by atoms with Crippen LogP contribution < -0.4 is 10.2 Å². The molecule has 4 rings (SSSR count). The number of benzene rings is 2. The number of hydrogen-bond donors (Lipinski definition) is 2. The zero-order chi connectivity index (χ0) is 17.6. The summed E-state index contributed by atoms with van der Waals surface area (Å²) in [5, 5.41) is 5.21. The highest BCUT2D eigenvalue weighted by Crippen LogP contribution is 2.28. The fourth-order valence-corrected chi connectivity index (χ4v) is 2.65. The molecule has 2 N–H and O–H groups in total. The number of hydrogen-bond acceptors (Lipinski definition) is 5. The predicted molar refractivity (Wildman–Crippen MR) is 102 cm³/mol. The summed E-state index contributed by atoms with van der Waals surface area (Å²) < 4.78 is 6.04. The molecule has 6 heteroatoms. The molecule has 2 aromatic heterocycles. The van der Waals surface area contributed by atoms with Gasteiger partial charge in [0.2, 0.25) is 5.95 Å². The lowest BCUT2D eigenvalue weighted by Crippen LogP contribution is -1.97. The zero-order valence-corrected chi connectivity index (χ0v) is 14.0. The molecule has 2 heterocycles. The Morgan fingerprint density at radius 3 is 2.69 bits per heavy atom. The van der Waals surface area contributed by atoms with E-state index >= 15 is 0 Å². The Balaban J connectivity index is 1.56. The molecule has 0 aliphatic rings. The zero-order valence-electron chi connectivity index (χ0n) is 14.0.